The molecule has 0 saturated heterocycles. The molecule has 0 unspecified atom stereocenters. The van der Waals surface area contributed by atoms with Crippen molar-refractivity contribution in [2.45, 2.75) is 31.3 Å². The third kappa shape index (κ3) is 4.18. The van der Waals surface area contributed by atoms with Gasteiger partial charge in [0, 0.05) is 11.7 Å². The summed E-state index contributed by atoms with van der Waals surface area (Å²) in [6.45, 7) is 3.69. The van der Waals surface area contributed by atoms with Crippen molar-refractivity contribution in [3.8, 4) is 0 Å². The summed E-state index contributed by atoms with van der Waals surface area (Å²) >= 11 is 1.75. The van der Waals surface area contributed by atoms with Crippen molar-refractivity contribution in [1.29, 1.82) is 0 Å². The Hall–Kier alpha value is -0.700. The van der Waals surface area contributed by atoms with Crippen LogP contribution in [0, 0.1) is 0 Å². The Bertz CT molecular complexity index is 254. The number of Topliss-reactive ketones (excluding diaryl/α,β-unsaturated/α-hetero) is 1. The molecule has 0 aliphatic rings. The molecule has 0 bridgehead atoms. The van der Waals surface area contributed by atoms with Crippen LogP contribution in [-0.2, 0) is 10.5 Å². The molecule has 0 aliphatic carbocycles. The van der Waals surface area contributed by atoms with Crippen LogP contribution in [0.4, 0.5) is 0 Å². The molecule has 0 N–H and O–H groups in total. The van der Waals surface area contributed by atoms with E-state index in [0.717, 1.165) is 11.5 Å². The topological polar surface area (TPSA) is 30.2 Å². The van der Waals surface area contributed by atoms with Crippen LogP contribution in [-0.4, -0.2) is 11.0 Å². The first kappa shape index (κ1) is 10.4. The quantitative estimate of drug-likeness (QED) is 0.728. The Kier molecular flexibility index (Phi) is 4.09. The van der Waals surface area contributed by atoms with E-state index in [2.05, 4.69) is 6.92 Å². The van der Waals surface area contributed by atoms with Gasteiger partial charge in [0.2, 0.25) is 0 Å². The second-order valence-corrected chi connectivity index (χ2v) is 4.53. The maximum absolute atomic E-state index is 10.8. The van der Waals surface area contributed by atoms with Gasteiger partial charge < -0.3 is 4.42 Å². The molecule has 2 nitrogen and oxygen atoms in total. The summed E-state index contributed by atoms with van der Waals surface area (Å²) in [6, 6.07) is 3.83. The van der Waals surface area contributed by atoms with Crippen molar-refractivity contribution in [2.75, 3.05) is 0 Å². The first-order valence-electron chi connectivity index (χ1n) is 4.32. The molecular weight excluding hydrogens is 184 g/mol. The molecule has 0 saturated carbocycles. The molecule has 0 aromatic carbocycles. The minimum absolute atomic E-state index is 0.249. The summed E-state index contributed by atoms with van der Waals surface area (Å²) in [5.74, 6) is 2.07. The molecule has 1 aromatic rings. The fourth-order valence-electron chi connectivity index (χ4n) is 1.08. The fraction of sp³-hybridized carbons (Fsp3) is 0.500. The maximum Gasteiger partial charge on any atom is 0.130 e. The van der Waals surface area contributed by atoms with Gasteiger partial charge in [0.05, 0.1) is 12.0 Å². The molecule has 0 spiro atoms. The third-order valence-electron chi connectivity index (χ3n) is 1.67. The summed E-state index contributed by atoms with van der Waals surface area (Å²) in [4.78, 5) is 10.8. The van der Waals surface area contributed by atoms with E-state index in [1.165, 1.54) is 0 Å². The van der Waals surface area contributed by atoms with Gasteiger partial charge in [-0.05, 0) is 19.1 Å². The Morgan fingerprint density at radius 1 is 1.69 bits per heavy atom. The molecule has 1 aromatic heterocycles. The largest absolute Gasteiger partial charge is 0.468 e. The van der Waals surface area contributed by atoms with E-state index in [1.54, 1.807) is 24.9 Å². The van der Waals surface area contributed by atoms with Crippen molar-refractivity contribution in [1.82, 2.24) is 0 Å². The van der Waals surface area contributed by atoms with Crippen LogP contribution in [0.2, 0.25) is 0 Å². The van der Waals surface area contributed by atoms with Crippen molar-refractivity contribution >= 4 is 17.5 Å². The van der Waals surface area contributed by atoms with Crippen molar-refractivity contribution in [3.05, 3.63) is 24.2 Å². The van der Waals surface area contributed by atoms with Crippen molar-refractivity contribution in [3.63, 3.8) is 0 Å². The van der Waals surface area contributed by atoms with Gasteiger partial charge in [-0.15, -0.1) is 0 Å². The molecule has 0 radical (unpaired) electrons. The molecule has 0 fully saturated rings. The van der Waals surface area contributed by atoms with Crippen LogP contribution in [0.5, 0.6) is 0 Å². The average Bonchev–Trinajstić information content (AvgIpc) is 2.51. The lowest BCUT2D eigenvalue weighted by atomic mass is 10.2. The Morgan fingerprint density at radius 2 is 2.46 bits per heavy atom. The van der Waals surface area contributed by atoms with Crippen LogP contribution in [0.1, 0.15) is 26.0 Å². The smallest absolute Gasteiger partial charge is 0.130 e. The number of ketones is 1. The van der Waals surface area contributed by atoms with E-state index in [1.807, 2.05) is 12.1 Å². The first-order valence-corrected chi connectivity index (χ1v) is 5.37. The molecule has 1 rings (SSSR count). The molecule has 3 heteroatoms. The Balaban J connectivity index is 2.22. The van der Waals surface area contributed by atoms with E-state index < -0.39 is 0 Å². The molecular formula is C10H14O2S. The predicted molar refractivity (Wildman–Crippen MR) is 54.8 cm³/mol. The number of carbonyl (C=O) groups excluding carboxylic acids is 1. The van der Waals surface area contributed by atoms with Crippen LogP contribution in [0.15, 0.2) is 22.8 Å². The number of rotatable bonds is 5. The standard InChI is InChI=1S/C10H14O2S/c1-8(11)6-9(2)13-7-10-4-3-5-12-10/h3-5,9H,6-7H2,1-2H3/t9-/m1/s1. The minimum atomic E-state index is 0.249. The fourth-order valence-corrected chi connectivity index (χ4v) is 2.05. The molecule has 1 heterocycles. The zero-order chi connectivity index (χ0) is 9.68. The summed E-state index contributed by atoms with van der Waals surface area (Å²) in [5.41, 5.74) is 0. The van der Waals surface area contributed by atoms with Crippen LogP contribution < -0.4 is 0 Å². The van der Waals surface area contributed by atoms with E-state index >= 15 is 0 Å². The SMILES string of the molecule is CC(=O)C[C@@H](C)SCc1ccco1. The van der Waals surface area contributed by atoms with Gasteiger partial charge in [0.25, 0.3) is 0 Å². The van der Waals surface area contributed by atoms with Crippen LogP contribution in [0.25, 0.3) is 0 Å². The number of carbonyl (C=O) groups is 1. The highest BCUT2D eigenvalue weighted by molar-refractivity contribution is 7.99. The maximum atomic E-state index is 10.8. The highest BCUT2D eigenvalue weighted by Crippen LogP contribution is 2.20. The van der Waals surface area contributed by atoms with Gasteiger partial charge in [-0.1, -0.05) is 6.92 Å². The van der Waals surface area contributed by atoms with E-state index in [0.29, 0.717) is 11.7 Å². The Labute approximate surface area is 82.7 Å². The summed E-state index contributed by atoms with van der Waals surface area (Å²) in [7, 11) is 0. The van der Waals surface area contributed by atoms with Crippen LogP contribution >= 0.6 is 11.8 Å². The number of hydrogen-bond donors (Lipinski definition) is 0. The van der Waals surface area contributed by atoms with E-state index in [9.17, 15) is 4.79 Å². The Morgan fingerprint density at radius 3 is 3.00 bits per heavy atom. The monoisotopic (exact) mass is 198 g/mol. The van der Waals surface area contributed by atoms with Gasteiger partial charge in [-0.25, -0.2) is 0 Å². The molecule has 0 amide bonds. The molecule has 72 valence electrons. The average molecular weight is 198 g/mol. The van der Waals surface area contributed by atoms with Gasteiger partial charge in [-0.2, -0.15) is 11.8 Å². The summed E-state index contributed by atoms with van der Waals surface area (Å²) < 4.78 is 5.18. The highest BCUT2D eigenvalue weighted by Gasteiger charge is 2.06. The third-order valence-corrected chi connectivity index (χ3v) is 2.85. The second-order valence-electron chi connectivity index (χ2n) is 3.11. The zero-order valence-electron chi connectivity index (χ0n) is 7.95. The van der Waals surface area contributed by atoms with Gasteiger partial charge in [0.1, 0.15) is 11.5 Å². The van der Waals surface area contributed by atoms with Gasteiger partial charge in [0.15, 0.2) is 0 Å². The number of hydrogen-bond acceptors (Lipinski definition) is 3. The number of furan rings is 1. The van der Waals surface area contributed by atoms with E-state index in [4.69, 9.17) is 4.42 Å². The lowest BCUT2D eigenvalue weighted by Crippen LogP contribution is -2.03. The molecule has 1 atom stereocenters. The highest BCUT2D eigenvalue weighted by atomic mass is 32.2. The first-order chi connectivity index (χ1) is 6.18. The normalized spacial score (nSPS) is 12.8. The zero-order valence-corrected chi connectivity index (χ0v) is 8.76. The van der Waals surface area contributed by atoms with Gasteiger partial charge in [-0.3, -0.25) is 4.79 Å². The lowest BCUT2D eigenvalue weighted by molar-refractivity contribution is -0.116. The lowest BCUT2D eigenvalue weighted by Gasteiger charge is -2.06. The minimum Gasteiger partial charge on any atom is -0.468 e. The van der Waals surface area contributed by atoms with Crippen molar-refractivity contribution in [2.24, 2.45) is 0 Å². The molecule has 0 aliphatic heterocycles. The second kappa shape index (κ2) is 5.12. The number of thioether (sulfide) groups is 1. The summed E-state index contributed by atoms with van der Waals surface area (Å²) in [6.07, 6.45) is 2.32. The van der Waals surface area contributed by atoms with E-state index in [-0.39, 0.29) is 5.78 Å². The molecule has 13 heavy (non-hydrogen) atoms. The predicted octanol–water partition coefficient (Wildman–Crippen LogP) is 2.88. The van der Waals surface area contributed by atoms with Crippen LogP contribution in [0.3, 0.4) is 0 Å². The van der Waals surface area contributed by atoms with Gasteiger partial charge >= 0.3 is 0 Å². The van der Waals surface area contributed by atoms with Crippen molar-refractivity contribution < 1.29 is 9.21 Å². The summed E-state index contributed by atoms with van der Waals surface area (Å²) in [5, 5.41) is 0.377.